The molecule has 1 atom stereocenters. The van der Waals surface area contributed by atoms with Gasteiger partial charge in [0, 0.05) is 38.6 Å². The van der Waals surface area contributed by atoms with Crippen molar-refractivity contribution in [3.8, 4) is 0 Å². The number of halogens is 1. The van der Waals surface area contributed by atoms with Crippen LogP contribution in [0.15, 0.2) is 4.99 Å². The summed E-state index contributed by atoms with van der Waals surface area (Å²) in [6, 6.07) is 0.307. The molecule has 2 aliphatic rings. The molecule has 7 heteroatoms. The SMILES string of the molecule is CCN1CCC(CCNC(=NC)NC2CCN(C(=O)C(C)C)C2)CC1.I. The Morgan fingerprint density at radius 1 is 1.19 bits per heavy atom. The summed E-state index contributed by atoms with van der Waals surface area (Å²) < 4.78 is 0. The van der Waals surface area contributed by atoms with Crippen molar-refractivity contribution in [2.45, 2.75) is 52.5 Å². The largest absolute Gasteiger partial charge is 0.356 e. The van der Waals surface area contributed by atoms with Crippen LogP contribution in [0.3, 0.4) is 0 Å². The molecule has 6 nitrogen and oxygen atoms in total. The van der Waals surface area contributed by atoms with E-state index in [1.54, 1.807) is 0 Å². The lowest BCUT2D eigenvalue weighted by Gasteiger charge is -2.31. The molecule has 2 fully saturated rings. The number of nitrogens with zero attached hydrogens (tertiary/aromatic N) is 3. The molecular weight excluding hydrogens is 441 g/mol. The van der Waals surface area contributed by atoms with Gasteiger partial charge in [0.05, 0.1) is 0 Å². The first-order valence-electron chi connectivity index (χ1n) is 10.0. The van der Waals surface area contributed by atoms with Crippen LogP contribution in [0.25, 0.3) is 0 Å². The van der Waals surface area contributed by atoms with Gasteiger partial charge in [-0.15, -0.1) is 24.0 Å². The zero-order valence-electron chi connectivity index (χ0n) is 17.0. The first kappa shape index (κ1) is 23.5. The Hall–Kier alpha value is -0.570. The van der Waals surface area contributed by atoms with Gasteiger partial charge in [0.25, 0.3) is 0 Å². The third-order valence-corrected chi connectivity index (χ3v) is 5.56. The fourth-order valence-electron chi connectivity index (χ4n) is 3.82. The summed E-state index contributed by atoms with van der Waals surface area (Å²) in [7, 11) is 1.82. The van der Waals surface area contributed by atoms with Gasteiger partial charge < -0.3 is 20.4 Å². The fourth-order valence-corrected chi connectivity index (χ4v) is 3.82. The van der Waals surface area contributed by atoms with Crippen LogP contribution in [-0.2, 0) is 4.79 Å². The molecule has 26 heavy (non-hydrogen) atoms. The number of likely N-dealkylation sites (tertiary alicyclic amines) is 2. The third-order valence-electron chi connectivity index (χ3n) is 5.56. The van der Waals surface area contributed by atoms with E-state index in [1.807, 2.05) is 25.8 Å². The Morgan fingerprint density at radius 3 is 2.46 bits per heavy atom. The van der Waals surface area contributed by atoms with Crippen molar-refractivity contribution in [2.75, 3.05) is 46.3 Å². The molecule has 2 rings (SSSR count). The van der Waals surface area contributed by atoms with E-state index < -0.39 is 0 Å². The Balaban J connectivity index is 0.00000338. The van der Waals surface area contributed by atoms with Crippen molar-refractivity contribution in [2.24, 2.45) is 16.8 Å². The topological polar surface area (TPSA) is 60.0 Å². The van der Waals surface area contributed by atoms with Gasteiger partial charge in [0.2, 0.25) is 5.91 Å². The Kier molecular flexibility index (Phi) is 10.8. The Bertz CT molecular complexity index is 449. The average Bonchev–Trinajstić information content (AvgIpc) is 3.09. The molecule has 0 aliphatic carbocycles. The molecule has 0 aromatic rings. The van der Waals surface area contributed by atoms with Crippen molar-refractivity contribution in [3.63, 3.8) is 0 Å². The fraction of sp³-hybridized carbons (Fsp3) is 0.895. The lowest BCUT2D eigenvalue weighted by atomic mass is 9.93. The van der Waals surface area contributed by atoms with Crippen LogP contribution < -0.4 is 10.6 Å². The molecule has 2 heterocycles. The van der Waals surface area contributed by atoms with Gasteiger partial charge in [-0.1, -0.05) is 20.8 Å². The maximum atomic E-state index is 12.1. The zero-order chi connectivity index (χ0) is 18.2. The number of guanidine groups is 1. The minimum absolute atomic E-state index is 0. The predicted octanol–water partition coefficient (Wildman–Crippen LogP) is 2.15. The number of amides is 1. The standard InChI is InChI=1S/C19H37N5O.HI/c1-5-23-11-7-16(8-12-23)6-10-21-19(20-4)22-17-9-13-24(14-17)18(25)15(2)3;/h15-17H,5-14H2,1-4H3,(H2,20,21,22);1H. The van der Waals surface area contributed by atoms with E-state index in [2.05, 4.69) is 27.4 Å². The second-order valence-electron chi connectivity index (χ2n) is 7.73. The zero-order valence-corrected chi connectivity index (χ0v) is 19.3. The number of rotatable bonds is 6. The number of carbonyl (C=O) groups is 1. The normalized spacial score (nSPS) is 22.4. The highest BCUT2D eigenvalue weighted by Crippen LogP contribution is 2.19. The number of hydrogen-bond donors (Lipinski definition) is 2. The number of piperidine rings is 1. The van der Waals surface area contributed by atoms with Crippen LogP contribution in [0, 0.1) is 11.8 Å². The third kappa shape index (κ3) is 7.21. The summed E-state index contributed by atoms with van der Waals surface area (Å²) in [4.78, 5) is 20.9. The van der Waals surface area contributed by atoms with Crippen molar-refractivity contribution >= 4 is 35.8 Å². The van der Waals surface area contributed by atoms with Gasteiger partial charge in [-0.2, -0.15) is 0 Å². The minimum atomic E-state index is 0. The molecule has 1 amide bonds. The van der Waals surface area contributed by atoms with E-state index in [9.17, 15) is 4.79 Å². The first-order chi connectivity index (χ1) is 12.0. The van der Waals surface area contributed by atoms with Crippen molar-refractivity contribution in [1.29, 1.82) is 0 Å². The number of aliphatic imine (C=N–C) groups is 1. The summed E-state index contributed by atoms with van der Waals surface area (Å²) in [6.07, 6.45) is 4.84. The van der Waals surface area contributed by atoms with E-state index in [4.69, 9.17) is 0 Å². The molecule has 2 N–H and O–H groups in total. The van der Waals surface area contributed by atoms with Gasteiger partial charge in [0.15, 0.2) is 5.96 Å². The molecule has 2 saturated heterocycles. The van der Waals surface area contributed by atoms with Crippen LogP contribution in [0.5, 0.6) is 0 Å². The predicted molar refractivity (Wildman–Crippen MR) is 119 cm³/mol. The highest BCUT2D eigenvalue weighted by Gasteiger charge is 2.28. The second-order valence-corrected chi connectivity index (χ2v) is 7.73. The van der Waals surface area contributed by atoms with Gasteiger partial charge >= 0.3 is 0 Å². The van der Waals surface area contributed by atoms with E-state index in [1.165, 1.54) is 38.9 Å². The van der Waals surface area contributed by atoms with E-state index in [-0.39, 0.29) is 35.8 Å². The molecule has 0 bridgehead atoms. The molecule has 1 unspecified atom stereocenters. The molecule has 0 aromatic heterocycles. The summed E-state index contributed by atoms with van der Waals surface area (Å²) in [5.74, 6) is 2.04. The summed E-state index contributed by atoms with van der Waals surface area (Å²) in [5, 5.41) is 6.94. The van der Waals surface area contributed by atoms with E-state index >= 15 is 0 Å². The van der Waals surface area contributed by atoms with Gasteiger partial charge in [-0.3, -0.25) is 9.79 Å². The highest BCUT2D eigenvalue weighted by molar-refractivity contribution is 14.0. The second kappa shape index (κ2) is 12.0. The van der Waals surface area contributed by atoms with Gasteiger partial charge in [0.1, 0.15) is 0 Å². The molecule has 0 aromatic carbocycles. The maximum Gasteiger partial charge on any atom is 0.225 e. The monoisotopic (exact) mass is 479 g/mol. The number of nitrogens with one attached hydrogen (secondary N) is 2. The first-order valence-corrected chi connectivity index (χ1v) is 10.0. The molecular formula is C19H38IN5O. The Labute approximate surface area is 176 Å². The highest BCUT2D eigenvalue weighted by atomic mass is 127. The average molecular weight is 479 g/mol. The van der Waals surface area contributed by atoms with Gasteiger partial charge in [-0.25, -0.2) is 0 Å². The summed E-state index contributed by atoms with van der Waals surface area (Å²) in [6.45, 7) is 12.5. The van der Waals surface area contributed by atoms with Crippen LogP contribution in [0.1, 0.15) is 46.5 Å². The molecule has 0 radical (unpaired) electrons. The van der Waals surface area contributed by atoms with E-state index in [0.29, 0.717) is 6.04 Å². The smallest absolute Gasteiger partial charge is 0.225 e. The van der Waals surface area contributed by atoms with Gasteiger partial charge in [-0.05, 0) is 51.2 Å². The summed E-state index contributed by atoms with van der Waals surface area (Å²) >= 11 is 0. The molecule has 152 valence electrons. The number of carbonyl (C=O) groups excluding carboxylic acids is 1. The molecule has 0 spiro atoms. The van der Waals surface area contributed by atoms with Crippen LogP contribution in [0.4, 0.5) is 0 Å². The lowest BCUT2D eigenvalue weighted by Crippen LogP contribution is -2.46. The quantitative estimate of drug-likeness (QED) is 0.348. The van der Waals surface area contributed by atoms with Crippen molar-refractivity contribution in [1.82, 2.24) is 20.4 Å². The number of hydrogen-bond acceptors (Lipinski definition) is 3. The Morgan fingerprint density at radius 2 is 1.88 bits per heavy atom. The van der Waals surface area contributed by atoms with Crippen LogP contribution >= 0.6 is 24.0 Å². The summed E-state index contributed by atoms with van der Waals surface area (Å²) in [5.41, 5.74) is 0. The van der Waals surface area contributed by atoms with Crippen molar-refractivity contribution < 1.29 is 4.79 Å². The maximum absolute atomic E-state index is 12.1. The lowest BCUT2D eigenvalue weighted by molar-refractivity contribution is -0.133. The van der Waals surface area contributed by atoms with E-state index in [0.717, 1.165) is 37.9 Å². The minimum Gasteiger partial charge on any atom is -0.356 e. The van der Waals surface area contributed by atoms with Crippen LogP contribution in [0.2, 0.25) is 0 Å². The molecule has 2 aliphatic heterocycles. The van der Waals surface area contributed by atoms with Crippen LogP contribution in [-0.4, -0.2) is 74.0 Å². The molecule has 0 saturated carbocycles. The van der Waals surface area contributed by atoms with Crippen molar-refractivity contribution in [3.05, 3.63) is 0 Å².